The van der Waals surface area contributed by atoms with E-state index in [-0.39, 0.29) is 17.6 Å². The lowest BCUT2D eigenvalue weighted by Gasteiger charge is -2.20. The van der Waals surface area contributed by atoms with Gasteiger partial charge in [-0.05, 0) is 63.3 Å². The lowest BCUT2D eigenvalue weighted by molar-refractivity contribution is 0.0519. The molecule has 0 aliphatic heterocycles. The third-order valence-corrected chi connectivity index (χ3v) is 4.53. The summed E-state index contributed by atoms with van der Waals surface area (Å²) in [6.45, 7) is 5.56. The van der Waals surface area contributed by atoms with E-state index in [0.29, 0.717) is 5.56 Å². The fraction of sp³-hybridized carbons (Fsp3) is 0.529. The predicted molar refractivity (Wildman–Crippen MR) is 82.7 cm³/mol. The first kappa shape index (κ1) is 14.9. The number of hydrogen-bond donors (Lipinski definition) is 2. The molecule has 2 amide bonds. The largest absolute Gasteiger partial charge is 0.444 e. The molecular weight excluding hydrogens is 280 g/mol. The van der Waals surface area contributed by atoms with Gasteiger partial charge in [0.05, 0.1) is 0 Å². The van der Waals surface area contributed by atoms with E-state index in [1.165, 1.54) is 11.1 Å². The average molecular weight is 302 g/mol. The first-order valence-electron chi connectivity index (χ1n) is 7.64. The summed E-state index contributed by atoms with van der Waals surface area (Å²) in [7, 11) is 0. The molecule has 5 nitrogen and oxygen atoms in total. The highest BCUT2D eigenvalue weighted by Crippen LogP contribution is 2.56. The van der Waals surface area contributed by atoms with Crippen molar-refractivity contribution >= 4 is 12.0 Å². The number of aryl methyl sites for hydroxylation is 1. The Labute approximate surface area is 130 Å². The molecule has 0 heterocycles. The molecule has 5 heteroatoms. The molecule has 118 valence electrons. The van der Waals surface area contributed by atoms with Gasteiger partial charge in [-0.25, -0.2) is 4.79 Å². The van der Waals surface area contributed by atoms with Crippen LogP contribution in [0.25, 0.3) is 0 Å². The summed E-state index contributed by atoms with van der Waals surface area (Å²) in [5.41, 5.74) is 7.81. The van der Waals surface area contributed by atoms with Crippen LogP contribution >= 0.6 is 0 Å². The van der Waals surface area contributed by atoms with E-state index in [1.807, 2.05) is 32.9 Å². The van der Waals surface area contributed by atoms with E-state index < -0.39 is 11.5 Å². The number of hydrogen-bond acceptors (Lipinski definition) is 3. The standard InChI is InChI=1S/C17H22N2O3/c1-16(2,3)22-15(21)19-13-9-17(13)7-6-10-8-11(14(18)20)4-5-12(10)17/h4-5,8,13H,6-7,9H2,1-3H3,(H2,18,20)(H,19,21). The predicted octanol–water partition coefficient (Wildman–Crippen LogP) is 2.27. The second kappa shape index (κ2) is 4.73. The summed E-state index contributed by atoms with van der Waals surface area (Å²) in [5, 5.41) is 2.97. The monoisotopic (exact) mass is 302 g/mol. The molecule has 2 aliphatic carbocycles. The Morgan fingerprint density at radius 1 is 1.36 bits per heavy atom. The van der Waals surface area contributed by atoms with Crippen LogP contribution in [0.2, 0.25) is 0 Å². The topological polar surface area (TPSA) is 81.4 Å². The quantitative estimate of drug-likeness (QED) is 0.879. The molecule has 2 unspecified atom stereocenters. The molecule has 3 N–H and O–H groups in total. The maximum absolute atomic E-state index is 11.9. The lowest BCUT2D eigenvalue weighted by atomic mass is 9.96. The van der Waals surface area contributed by atoms with Crippen LogP contribution in [-0.4, -0.2) is 23.6 Å². The molecule has 1 aromatic carbocycles. The highest BCUT2D eigenvalue weighted by molar-refractivity contribution is 5.93. The summed E-state index contributed by atoms with van der Waals surface area (Å²) in [5.74, 6) is -0.400. The first-order valence-corrected chi connectivity index (χ1v) is 7.64. The Morgan fingerprint density at radius 3 is 2.73 bits per heavy atom. The van der Waals surface area contributed by atoms with Crippen molar-refractivity contribution in [1.29, 1.82) is 0 Å². The first-order chi connectivity index (χ1) is 10.2. The lowest BCUT2D eigenvalue weighted by Crippen LogP contribution is -2.36. The summed E-state index contributed by atoms with van der Waals surface area (Å²) in [6.07, 6.45) is 2.47. The van der Waals surface area contributed by atoms with E-state index in [4.69, 9.17) is 10.5 Å². The van der Waals surface area contributed by atoms with Gasteiger partial charge in [0, 0.05) is 17.0 Å². The highest BCUT2D eigenvalue weighted by Gasteiger charge is 2.59. The number of fused-ring (bicyclic) bond motifs is 2. The van der Waals surface area contributed by atoms with Crippen molar-refractivity contribution in [3.63, 3.8) is 0 Å². The molecule has 2 aliphatic rings. The second-order valence-electron chi connectivity index (χ2n) is 7.30. The zero-order chi connectivity index (χ0) is 16.1. The summed E-state index contributed by atoms with van der Waals surface area (Å²) in [6, 6.07) is 5.76. The zero-order valence-corrected chi connectivity index (χ0v) is 13.2. The molecule has 2 atom stereocenters. The Morgan fingerprint density at radius 2 is 2.09 bits per heavy atom. The minimum Gasteiger partial charge on any atom is -0.444 e. The van der Waals surface area contributed by atoms with Gasteiger partial charge in [-0.1, -0.05) is 6.07 Å². The van der Waals surface area contributed by atoms with Crippen molar-refractivity contribution in [3.8, 4) is 0 Å². The van der Waals surface area contributed by atoms with Gasteiger partial charge in [-0.2, -0.15) is 0 Å². The van der Waals surface area contributed by atoms with E-state index in [2.05, 4.69) is 5.32 Å². The van der Waals surface area contributed by atoms with Gasteiger partial charge in [0.2, 0.25) is 5.91 Å². The van der Waals surface area contributed by atoms with Crippen molar-refractivity contribution in [2.24, 2.45) is 5.73 Å². The van der Waals surface area contributed by atoms with Crippen molar-refractivity contribution < 1.29 is 14.3 Å². The smallest absolute Gasteiger partial charge is 0.407 e. The van der Waals surface area contributed by atoms with Gasteiger partial charge in [0.25, 0.3) is 0 Å². The van der Waals surface area contributed by atoms with Crippen LogP contribution < -0.4 is 11.1 Å². The number of primary amides is 1. The Bertz CT molecular complexity index is 648. The average Bonchev–Trinajstić information content (AvgIpc) is 2.93. The zero-order valence-electron chi connectivity index (χ0n) is 13.2. The molecule has 1 spiro atoms. The number of alkyl carbamates (subject to hydrolysis) is 1. The van der Waals surface area contributed by atoms with Crippen LogP contribution in [0.3, 0.4) is 0 Å². The number of nitrogens with two attached hydrogens (primary N) is 1. The maximum Gasteiger partial charge on any atom is 0.407 e. The molecule has 0 radical (unpaired) electrons. The third-order valence-electron chi connectivity index (χ3n) is 4.53. The molecule has 22 heavy (non-hydrogen) atoms. The number of ether oxygens (including phenoxy) is 1. The van der Waals surface area contributed by atoms with Crippen molar-refractivity contribution in [1.82, 2.24) is 5.32 Å². The molecule has 1 aromatic rings. The van der Waals surface area contributed by atoms with Crippen LogP contribution in [0, 0.1) is 0 Å². The SMILES string of the molecule is CC(C)(C)OC(=O)NC1CC12CCc1cc(C(N)=O)ccc12. The van der Waals surface area contributed by atoms with Crippen LogP contribution in [0.4, 0.5) is 4.79 Å². The third kappa shape index (κ3) is 2.56. The summed E-state index contributed by atoms with van der Waals surface area (Å²) < 4.78 is 5.32. The minimum absolute atomic E-state index is 0.0163. The van der Waals surface area contributed by atoms with Gasteiger partial charge < -0.3 is 15.8 Å². The Balaban J connectivity index is 1.72. The fourth-order valence-electron chi connectivity index (χ4n) is 3.45. The number of rotatable bonds is 2. The van der Waals surface area contributed by atoms with Crippen molar-refractivity contribution in [3.05, 3.63) is 34.9 Å². The van der Waals surface area contributed by atoms with Crippen LogP contribution in [0.5, 0.6) is 0 Å². The fourth-order valence-corrected chi connectivity index (χ4v) is 3.45. The van der Waals surface area contributed by atoms with Crippen LogP contribution in [-0.2, 0) is 16.6 Å². The number of carbonyl (C=O) groups is 2. The van der Waals surface area contributed by atoms with E-state index in [0.717, 1.165) is 19.3 Å². The van der Waals surface area contributed by atoms with Crippen LogP contribution in [0.1, 0.15) is 55.1 Å². The van der Waals surface area contributed by atoms with E-state index in [1.54, 1.807) is 6.07 Å². The van der Waals surface area contributed by atoms with Crippen molar-refractivity contribution in [2.45, 2.75) is 57.1 Å². The molecular formula is C17H22N2O3. The number of amides is 2. The Hall–Kier alpha value is -2.04. The van der Waals surface area contributed by atoms with Gasteiger partial charge in [-0.15, -0.1) is 0 Å². The molecule has 0 aromatic heterocycles. The van der Waals surface area contributed by atoms with Gasteiger partial charge in [-0.3, -0.25) is 4.79 Å². The number of nitrogens with one attached hydrogen (secondary N) is 1. The van der Waals surface area contributed by atoms with Gasteiger partial charge in [0.1, 0.15) is 5.60 Å². The maximum atomic E-state index is 11.9. The molecule has 0 saturated heterocycles. The number of carbonyl (C=O) groups excluding carboxylic acids is 2. The van der Waals surface area contributed by atoms with Crippen molar-refractivity contribution in [2.75, 3.05) is 0 Å². The Kier molecular flexibility index (Phi) is 3.20. The van der Waals surface area contributed by atoms with Crippen LogP contribution in [0.15, 0.2) is 18.2 Å². The van der Waals surface area contributed by atoms with E-state index >= 15 is 0 Å². The second-order valence-corrected chi connectivity index (χ2v) is 7.30. The highest BCUT2D eigenvalue weighted by atomic mass is 16.6. The van der Waals surface area contributed by atoms with Gasteiger partial charge in [0.15, 0.2) is 0 Å². The normalized spacial score (nSPS) is 25.7. The molecule has 0 bridgehead atoms. The molecule has 3 rings (SSSR count). The number of benzene rings is 1. The summed E-state index contributed by atoms with van der Waals surface area (Å²) >= 11 is 0. The van der Waals surface area contributed by atoms with E-state index in [9.17, 15) is 9.59 Å². The molecule has 1 fully saturated rings. The van der Waals surface area contributed by atoms with Gasteiger partial charge >= 0.3 is 6.09 Å². The summed E-state index contributed by atoms with van der Waals surface area (Å²) in [4.78, 5) is 23.2. The minimum atomic E-state index is -0.490. The molecule has 1 saturated carbocycles.